The lowest BCUT2D eigenvalue weighted by atomic mass is 9.92. The second-order valence-electron chi connectivity index (χ2n) is 19.1. The number of nitrogens with zero attached hydrogens (tertiary/aromatic N) is 4. The van der Waals surface area contributed by atoms with Crippen LogP contribution in [0.15, 0.2) is 0 Å². The van der Waals surface area contributed by atoms with Crippen molar-refractivity contribution in [1.29, 1.82) is 0 Å². The Balaban J connectivity index is 2.60. The molecular weight excluding hydrogens is 725 g/mol. The fraction of sp³-hybridized carbons (Fsp3) is 0.981. The molecule has 6 nitrogen and oxygen atoms in total. The second-order valence-corrected chi connectivity index (χ2v) is 19.1. The van der Waals surface area contributed by atoms with E-state index in [1.165, 1.54) is 245 Å². The van der Waals surface area contributed by atoms with Gasteiger partial charge in [0.15, 0.2) is 0 Å². The number of methoxy groups -OCH3 is 1. The van der Waals surface area contributed by atoms with Gasteiger partial charge in [-0.2, -0.15) is 0 Å². The predicted molar refractivity (Wildman–Crippen MR) is 261 cm³/mol. The molecule has 0 atom stereocenters. The quantitative estimate of drug-likeness (QED) is 0.0571. The molecule has 59 heavy (non-hydrogen) atoms. The number of hydrogen-bond donors (Lipinski definition) is 0. The number of unbranched alkanes of at least 4 members (excludes halogenated alkanes) is 24. The standard InChI is InChI=1S/C53H108N4O2/c1-6-10-14-18-22-26-30-40-54(45-35-51-59-5)44-34-36-52-37-47-57(48-38-52)53(58)39-46-56(43-33-29-25-21-17-13-9-4)50-49-55(41-31-27-23-19-15-11-7-2)42-32-28-24-20-16-12-8-3/h52H,6-51H2,1-5H3. The van der Waals surface area contributed by atoms with Crippen LogP contribution in [0.5, 0.6) is 0 Å². The molecule has 0 aromatic heterocycles. The maximum atomic E-state index is 13.7. The van der Waals surface area contributed by atoms with E-state index in [0.29, 0.717) is 12.3 Å². The molecule has 1 rings (SSSR count). The summed E-state index contributed by atoms with van der Waals surface area (Å²) in [5, 5.41) is 0. The van der Waals surface area contributed by atoms with Gasteiger partial charge in [0.2, 0.25) is 5.91 Å². The molecule has 1 amide bonds. The Morgan fingerprint density at radius 3 is 1.14 bits per heavy atom. The molecule has 1 fully saturated rings. The molecule has 0 unspecified atom stereocenters. The average molecular weight is 833 g/mol. The minimum atomic E-state index is 0.412. The predicted octanol–water partition coefficient (Wildman–Crippen LogP) is 14.3. The maximum absolute atomic E-state index is 13.7. The van der Waals surface area contributed by atoms with Crippen molar-refractivity contribution in [3.63, 3.8) is 0 Å². The third-order valence-corrected chi connectivity index (χ3v) is 13.6. The Kier molecular flexibility index (Phi) is 41.9. The number of rotatable bonds is 46. The highest BCUT2D eigenvalue weighted by Crippen LogP contribution is 2.23. The average Bonchev–Trinajstić information content (AvgIpc) is 3.25. The third kappa shape index (κ3) is 35.5. The molecule has 1 aliphatic heterocycles. The molecule has 1 aliphatic rings. The van der Waals surface area contributed by atoms with Crippen molar-refractivity contribution in [3.8, 4) is 0 Å². The molecule has 0 aliphatic carbocycles. The summed E-state index contributed by atoms with van der Waals surface area (Å²) in [5.74, 6) is 1.20. The molecule has 1 saturated heterocycles. The first kappa shape index (κ1) is 56.3. The summed E-state index contributed by atoms with van der Waals surface area (Å²) in [6, 6.07) is 0. The normalized spacial score (nSPS) is 13.9. The molecule has 1 heterocycles. The summed E-state index contributed by atoms with van der Waals surface area (Å²) in [5.41, 5.74) is 0. The molecule has 352 valence electrons. The summed E-state index contributed by atoms with van der Waals surface area (Å²) in [7, 11) is 1.83. The zero-order chi connectivity index (χ0) is 42.7. The summed E-state index contributed by atoms with van der Waals surface area (Å²) in [4.78, 5) is 24.1. The van der Waals surface area contributed by atoms with E-state index in [1.807, 2.05) is 7.11 Å². The van der Waals surface area contributed by atoms with Crippen molar-refractivity contribution in [1.82, 2.24) is 19.6 Å². The van der Waals surface area contributed by atoms with Crippen LogP contribution in [0.2, 0.25) is 0 Å². The van der Waals surface area contributed by atoms with Gasteiger partial charge in [-0.25, -0.2) is 0 Å². The van der Waals surface area contributed by atoms with Gasteiger partial charge >= 0.3 is 0 Å². The first-order valence-electron chi connectivity index (χ1n) is 27.0. The number of amides is 1. The van der Waals surface area contributed by atoms with E-state index >= 15 is 0 Å². The van der Waals surface area contributed by atoms with E-state index in [2.05, 4.69) is 47.3 Å². The number of hydrogen-bond acceptors (Lipinski definition) is 5. The van der Waals surface area contributed by atoms with Gasteiger partial charge in [0, 0.05) is 59.4 Å². The summed E-state index contributed by atoms with van der Waals surface area (Å²) >= 11 is 0. The van der Waals surface area contributed by atoms with Gasteiger partial charge in [-0.3, -0.25) is 4.79 Å². The SMILES string of the molecule is CCCCCCCCCN(CCCOC)CCCC1CCN(C(=O)CCN(CCCCCCCCC)CCN(CCCCCCCCC)CCCCCCCCC)CC1. The molecule has 0 aromatic carbocycles. The van der Waals surface area contributed by atoms with E-state index in [9.17, 15) is 4.79 Å². The molecule has 0 saturated carbocycles. The Labute approximate surface area is 371 Å². The molecule has 0 radical (unpaired) electrons. The number of carbonyl (C=O) groups is 1. The molecule has 0 spiro atoms. The van der Waals surface area contributed by atoms with Crippen LogP contribution < -0.4 is 0 Å². The van der Waals surface area contributed by atoms with Gasteiger partial charge in [-0.05, 0) is 96.4 Å². The van der Waals surface area contributed by atoms with E-state index in [0.717, 1.165) is 51.7 Å². The number of likely N-dealkylation sites (tertiary alicyclic amines) is 1. The summed E-state index contributed by atoms with van der Waals surface area (Å²) in [6.07, 6.45) is 45.4. The van der Waals surface area contributed by atoms with Crippen molar-refractivity contribution in [3.05, 3.63) is 0 Å². The van der Waals surface area contributed by atoms with Crippen molar-refractivity contribution in [2.45, 2.75) is 246 Å². The Bertz CT molecular complexity index is 831. The van der Waals surface area contributed by atoms with Crippen LogP contribution >= 0.6 is 0 Å². The number of ether oxygens (including phenoxy) is 1. The van der Waals surface area contributed by atoms with Crippen LogP contribution in [0.25, 0.3) is 0 Å². The van der Waals surface area contributed by atoms with E-state index in [-0.39, 0.29) is 0 Å². The fourth-order valence-corrected chi connectivity index (χ4v) is 9.38. The Hall–Kier alpha value is -0.690. The zero-order valence-corrected chi connectivity index (χ0v) is 41.2. The largest absolute Gasteiger partial charge is 0.385 e. The monoisotopic (exact) mass is 833 g/mol. The Morgan fingerprint density at radius 2 is 0.746 bits per heavy atom. The fourth-order valence-electron chi connectivity index (χ4n) is 9.38. The Morgan fingerprint density at radius 1 is 0.424 bits per heavy atom. The lowest BCUT2D eigenvalue weighted by Crippen LogP contribution is -2.41. The summed E-state index contributed by atoms with van der Waals surface area (Å²) in [6.45, 7) is 22.6. The second kappa shape index (κ2) is 43.9. The molecule has 0 bridgehead atoms. The minimum absolute atomic E-state index is 0.412. The van der Waals surface area contributed by atoms with Gasteiger partial charge < -0.3 is 24.3 Å². The van der Waals surface area contributed by atoms with Crippen LogP contribution in [0.1, 0.15) is 246 Å². The van der Waals surface area contributed by atoms with Crippen LogP contribution in [-0.4, -0.2) is 111 Å². The van der Waals surface area contributed by atoms with E-state index < -0.39 is 0 Å². The summed E-state index contributed by atoms with van der Waals surface area (Å²) < 4.78 is 5.38. The molecule has 0 N–H and O–H groups in total. The van der Waals surface area contributed by atoms with Gasteiger partial charge in [-0.1, -0.05) is 182 Å². The third-order valence-electron chi connectivity index (χ3n) is 13.6. The molecule has 6 heteroatoms. The van der Waals surface area contributed by atoms with Crippen LogP contribution in [0.4, 0.5) is 0 Å². The number of carbonyl (C=O) groups excluding carboxylic acids is 1. The highest BCUT2D eigenvalue weighted by atomic mass is 16.5. The lowest BCUT2D eigenvalue weighted by molar-refractivity contribution is -0.133. The number of piperidine rings is 1. The van der Waals surface area contributed by atoms with E-state index in [4.69, 9.17) is 4.74 Å². The van der Waals surface area contributed by atoms with Crippen LogP contribution in [0, 0.1) is 5.92 Å². The topological polar surface area (TPSA) is 39.3 Å². The van der Waals surface area contributed by atoms with Gasteiger partial charge in [0.05, 0.1) is 0 Å². The van der Waals surface area contributed by atoms with Crippen LogP contribution in [0.3, 0.4) is 0 Å². The maximum Gasteiger partial charge on any atom is 0.223 e. The molecular formula is C53H108N4O2. The highest BCUT2D eigenvalue weighted by molar-refractivity contribution is 5.76. The minimum Gasteiger partial charge on any atom is -0.385 e. The lowest BCUT2D eigenvalue weighted by Gasteiger charge is -2.33. The smallest absolute Gasteiger partial charge is 0.223 e. The first-order valence-corrected chi connectivity index (χ1v) is 27.0. The van der Waals surface area contributed by atoms with Gasteiger partial charge in [0.1, 0.15) is 0 Å². The first-order chi connectivity index (χ1) is 29.1. The van der Waals surface area contributed by atoms with Crippen molar-refractivity contribution in [2.75, 3.05) is 85.7 Å². The van der Waals surface area contributed by atoms with Crippen molar-refractivity contribution < 1.29 is 9.53 Å². The van der Waals surface area contributed by atoms with Crippen molar-refractivity contribution >= 4 is 5.91 Å². The molecule has 0 aromatic rings. The van der Waals surface area contributed by atoms with Gasteiger partial charge in [-0.15, -0.1) is 0 Å². The van der Waals surface area contributed by atoms with Crippen LogP contribution in [-0.2, 0) is 9.53 Å². The van der Waals surface area contributed by atoms with Crippen molar-refractivity contribution in [2.24, 2.45) is 5.92 Å². The zero-order valence-electron chi connectivity index (χ0n) is 41.2. The highest BCUT2D eigenvalue weighted by Gasteiger charge is 2.23. The van der Waals surface area contributed by atoms with E-state index in [1.54, 1.807) is 0 Å². The van der Waals surface area contributed by atoms with Gasteiger partial charge in [0.25, 0.3) is 0 Å².